The van der Waals surface area contributed by atoms with Gasteiger partial charge >= 0.3 is 0 Å². The summed E-state index contributed by atoms with van der Waals surface area (Å²) in [5.41, 5.74) is 6.67. The second-order valence-electron chi connectivity index (χ2n) is 6.37. The van der Waals surface area contributed by atoms with Crippen molar-refractivity contribution in [2.45, 2.75) is 46.0 Å². The molecule has 0 aliphatic rings. The minimum atomic E-state index is -0.131. The number of nitrogens with zero attached hydrogens (tertiary/aromatic N) is 2. The monoisotopic (exact) mass is 484 g/mol. The van der Waals surface area contributed by atoms with Gasteiger partial charge in [-0.3, -0.25) is 4.79 Å². The molecule has 1 heterocycles. The van der Waals surface area contributed by atoms with Gasteiger partial charge in [0.05, 0.1) is 16.9 Å². The number of carbonyl (C=O) groups is 1. The third-order valence-electron chi connectivity index (χ3n) is 3.92. The number of nitrogens with two attached hydrogens (primary N) is 1. The Morgan fingerprint density at radius 2 is 2.04 bits per heavy atom. The normalized spacial score (nSPS) is 10.7. The number of methoxy groups -OCH3 is 1. The molecule has 0 saturated carbocycles. The summed E-state index contributed by atoms with van der Waals surface area (Å²) in [5.74, 6) is 2.21. The fraction of sp³-hybridized carbons (Fsp3) is 0.421. The van der Waals surface area contributed by atoms with E-state index in [0.29, 0.717) is 17.9 Å². The first-order valence-electron chi connectivity index (χ1n) is 8.83. The van der Waals surface area contributed by atoms with Crippen LogP contribution in [0.2, 0.25) is 0 Å². The zero-order valence-electron chi connectivity index (χ0n) is 16.0. The smallest absolute Gasteiger partial charge is 0.225 e. The molecule has 0 spiro atoms. The number of hydrogen-bond acceptors (Lipinski definition) is 6. The largest absolute Gasteiger partial charge is 0.496 e. The van der Waals surface area contributed by atoms with Crippen LogP contribution < -0.4 is 20.5 Å². The van der Waals surface area contributed by atoms with Crippen LogP contribution in [-0.4, -0.2) is 23.0 Å². The Labute approximate surface area is 173 Å². The van der Waals surface area contributed by atoms with Crippen LogP contribution in [0.15, 0.2) is 18.3 Å². The Morgan fingerprint density at radius 1 is 1.30 bits per heavy atom. The number of rotatable bonds is 8. The molecule has 0 aliphatic heterocycles. The molecule has 1 aromatic heterocycles. The lowest BCUT2D eigenvalue weighted by Gasteiger charge is -2.18. The Morgan fingerprint density at radius 3 is 2.67 bits per heavy atom. The van der Waals surface area contributed by atoms with E-state index in [4.69, 9.17) is 15.2 Å². The van der Waals surface area contributed by atoms with Crippen molar-refractivity contribution in [3.8, 4) is 17.2 Å². The number of nitrogens with one attached hydrogen (secondary N) is 1. The van der Waals surface area contributed by atoms with E-state index in [-0.39, 0.29) is 23.6 Å². The number of hydrogen-bond donors (Lipinski definition) is 2. The van der Waals surface area contributed by atoms with E-state index in [1.54, 1.807) is 7.11 Å². The van der Waals surface area contributed by atoms with Crippen LogP contribution >= 0.6 is 22.6 Å². The van der Waals surface area contributed by atoms with Crippen molar-refractivity contribution in [2.75, 3.05) is 18.2 Å². The maximum atomic E-state index is 12.1. The lowest BCUT2D eigenvalue weighted by atomic mass is 10.0. The van der Waals surface area contributed by atoms with Crippen molar-refractivity contribution in [2.24, 2.45) is 0 Å². The van der Waals surface area contributed by atoms with E-state index in [1.165, 1.54) is 6.20 Å². The van der Waals surface area contributed by atoms with Gasteiger partial charge in [-0.25, -0.2) is 4.98 Å². The van der Waals surface area contributed by atoms with Gasteiger partial charge in [0.25, 0.3) is 0 Å². The van der Waals surface area contributed by atoms with Gasteiger partial charge in [-0.1, -0.05) is 27.2 Å². The van der Waals surface area contributed by atoms with Crippen LogP contribution in [0.5, 0.6) is 17.2 Å². The Bertz CT molecular complexity index is 812. The van der Waals surface area contributed by atoms with E-state index >= 15 is 0 Å². The molecule has 2 aromatic rings. The molecular formula is C19H25IN4O3. The van der Waals surface area contributed by atoms with E-state index in [1.807, 2.05) is 19.1 Å². The van der Waals surface area contributed by atoms with Gasteiger partial charge < -0.3 is 20.5 Å². The maximum absolute atomic E-state index is 12.1. The average molecular weight is 484 g/mol. The Balaban J connectivity index is 2.37. The molecule has 3 N–H and O–H groups in total. The first-order valence-corrected chi connectivity index (χ1v) is 9.91. The predicted octanol–water partition coefficient (Wildman–Crippen LogP) is 4.72. The van der Waals surface area contributed by atoms with Crippen molar-refractivity contribution >= 4 is 40.3 Å². The molecule has 0 unspecified atom stereocenters. The first kappa shape index (κ1) is 21.2. The summed E-state index contributed by atoms with van der Waals surface area (Å²) in [5, 5.41) is 2.77. The second kappa shape index (κ2) is 9.72. The van der Waals surface area contributed by atoms with Gasteiger partial charge in [-0.15, -0.1) is 0 Å². The van der Waals surface area contributed by atoms with Crippen LogP contribution in [-0.2, 0) is 4.79 Å². The Hall–Kier alpha value is -2.10. The molecule has 146 valence electrons. The minimum absolute atomic E-state index is 0.0709. The van der Waals surface area contributed by atoms with E-state index in [9.17, 15) is 4.79 Å². The quantitative estimate of drug-likeness (QED) is 0.527. The summed E-state index contributed by atoms with van der Waals surface area (Å²) < 4.78 is 12.4. The summed E-state index contributed by atoms with van der Waals surface area (Å²) >= 11 is 2.19. The number of amides is 1. The molecule has 7 nitrogen and oxygen atoms in total. The van der Waals surface area contributed by atoms with Gasteiger partial charge in [0.15, 0.2) is 11.6 Å². The van der Waals surface area contributed by atoms with Gasteiger partial charge in [0, 0.05) is 12.0 Å². The van der Waals surface area contributed by atoms with Crippen molar-refractivity contribution in [1.29, 1.82) is 0 Å². The number of unbranched alkanes of at least 4 members (excludes halogenated alkanes) is 1. The van der Waals surface area contributed by atoms with Crippen LogP contribution in [0, 0.1) is 3.57 Å². The zero-order chi connectivity index (χ0) is 20.0. The van der Waals surface area contributed by atoms with Crippen molar-refractivity contribution in [3.05, 3.63) is 27.5 Å². The van der Waals surface area contributed by atoms with Crippen LogP contribution in [0.25, 0.3) is 0 Å². The van der Waals surface area contributed by atoms with E-state index in [0.717, 1.165) is 27.7 Å². The lowest BCUT2D eigenvalue weighted by molar-refractivity contribution is -0.116. The highest BCUT2D eigenvalue weighted by atomic mass is 127. The fourth-order valence-electron chi connectivity index (χ4n) is 2.45. The lowest BCUT2D eigenvalue weighted by Crippen LogP contribution is -2.14. The molecule has 0 bridgehead atoms. The molecule has 8 heteroatoms. The third kappa shape index (κ3) is 5.69. The van der Waals surface area contributed by atoms with Crippen LogP contribution in [0.1, 0.15) is 51.5 Å². The topological polar surface area (TPSA) is 99.4 Å². The fourth-order valence-corrected chi connectivity index (χ4v) is 3.10. The molecule has 0 aliphatic carbocycles. The van der Waals surface area contributed by atoms with Crippen molar-refractivity contribution in [3.63, 3.8) is 0 Å². The molecule has 0 atom stereocenters. The first-order chi connectivity index (χ1) is 12.8. The van der Waals surface area contributed by atoms with E-state index in [2.05, 4.69) is 51.7 Å². The summed E-state index contributed by atoms with van der Waals surface area (Å²) in [7, 11) is 1.64. The standard InChI is InChI=1S/C19H25IN4O3/c1-5-6-7-17(25)23-18-16(10-22-19(21)24-18)27-14-9-13(20)15(26-4)8-12(14)11(2)3/h8-11H,5-7H2,1-4H3,(H3,21,22,23,24,25). The van der Waals surface area contributed by atoms with Gasteiger partial charge in [-0.2, -0.15) is 4.98 Å². The summed E-state index contributed by atoms with van der Waals surface area (Å²) in [6.45, 7) is 6.17. The Kier molecular flexibility index (Phi) is 7.64. The third-order valence-corrected chi connectivity index (χ3v) is 4.76. The molecule has 0 radical (unpaired) electrons. The maximum Gasteiger partial charge on any atom is 0.225 e. The van der Waals surface area contributed by atoms with Crippen LogP contribution in [0.3, 0.4) is 0 Å². The highest BCUT2D eigenvalue weighted by Crippen LogP contribution is 2.38. The summed E-state index contributed by atoms with van der Waals surface area (Å²) in [6, 6.07) is 3.85. The highest BCUT2D eigenvalue weighted by Gasteiger charge is 2.17. The highest BCUT2D eigenvalue weighted by molar-refractivity contribution is 14.1. The van der Waals surface area contributed by atoms with Crippen molar-refractivity contribution in [1.82, 2.24) is 9.97 Å². The average Bonchev–Trinajstić information content (AvgIpc) is 2.62. The summed E-state index contributed by atoms with van der Waals surface area (Å²) in [6.07, 6.45) is 3.62. The molecule has 0 fully saturated rings. The minimum Gasteiger partial charge on any atom is -0.496 e. The molecular weight excluding hydrogens is 459 g/mol. The van der Waals surface area contributed by atoms with E-state index < -0.39 is 0 Å². The second-order valence-corrected chi connectivity index (χ2v) is 7.54. The molecule has 2 rings (SSSR count). The number of nitrogen functional groups attached to an aromatic ring is 1. The van der Waals surface area contributed by atoms with Crippen molar-refractivity contribution < 1.29 is 14.3 Å². The number of ether oxygens (including phenoxy) is 2. The summed E-state index contributed by atoms with van der Waals surface area (Å²) in [4.78, 5) is 20.2. The molecule has 1 aromatic carbocycles. The number of benzene rings is 1. The van der Waals surface area contributed by atoms with Gasteiger partial charge in [0.2, 0.25) is 11.9 Å². The molecule has 0 saturated heterocycles. The van der Waals surface area contributed by atoms with Gasteiger partial charge in [0.1, 0.15) is 11.5 Å². The number of anilines is 2. The molecule has 1 amide bonds. The van der Waals surface area contributed by atoms with Crippen LogP contribution in [0.4, 0.5) is 11.8 Å². The number of halogens is 1. The molecule has 27 heavy (non-hydrogen) atoms. The van der Waals surface area contributed by atoms with Gasteiger partial charge in [-0.05, 0) is 47.1 Å². The number of aromatic nitrogens is 2. The predicted molar refractivity (Wildman–Crippen MR) is 114 cm³/mol. The number of carbonyl (C=O) groups excluding carboxylic acids is 1. The SMILES string of the molecule is CCCCC(=O)Nc1nc(N)ncc1Oc1cc(I)c(OC)cc1C(C)C. The zero-order valence-corrected chi connectivity index (χ0v) is 18.2.